The Morgan fingerprint density at radius 1 is 0.833 bits per heavy atom. The number of unbranched alkanes of at least 4 members (excludes halogenated alkanes) is 3. The lowest BCUT2D eigenvalue weighted by atomic mass is 10.0. The number of rotatable bonds is 7. The molecule has 0 spiro atoms. The van der Waals surface area contributed by atoms with Crippen molar-refractivity contribution in [2.45, 2.75) is 32.1 Å². The summed E-state index contributed by atoms with van der Waals surface area (Å²) in [4.78, 5) is 0. The van der Waals surface area contributed by atoms with Gasteiger partial charge in [-0.3, -0.25) is 0 Å². The Hall–Kier alpha value is -1.34. The third kappa shape index (κ3) is 3.85. The van der Waals surface area contributed by atoms with Crippen LogP contribution in [-0.2, 0) is 11.2 Å². The van der Waals surface area contributed by atoms with Gasteiger partial charge in [0.2, 0.25) is 0 Å². The van der Waals surface area contributed by atoms with Crippen LogP contribution in [0.5, 0.6) is 0 Å². The highest BCUT2D eigenvalue weighted by Crippen LogP contribution is 2.17. The molecule has 0 fully saturated rings. The summed E-state index contributed by atoms with van der Waals surface area (Å²) in [7, 11) is 3.38. The molecule has 0 aliphatic rings. The predicted molar refractivity (Wildman–Crippen MR) is 77.4 cm³/mol. The van der Waals surface area contributed by atoms with Crippen LogP contribution < -0.4 is 0 Å². The van der Waals surface area contributed by atoms with Crippen LogP contribution in [-0.4, -0.2) is 6.61 Å². The van der Waals surface area contributed by atoms with Crippen molar-refractivity contribution < 1.29 is 4.74 Å². The van der Waals surface area contributed by atoms with E-state index in [9.17, 15) is 0 Å². The monoisotopic (exact) mass is 241 g/mol. The molecule has 1 nitrogen and oxygen atoms in total. The maximum absolute atomic E-state index is 4.80. The molecule has 0 atom stereocenters. The van der Waals surface area contributed by atoms with Crippen molar-refractivity contribution >= 4 is 10.8 Å². The number of fused-ring (bicyclic) bond motifs is 1. The molecule has 0 amide bonds. The van der Waals surface area contributed by atoms with Crippen molar-refractivity contribution in [1.29, 1.82) is 0 Å². The van der Waals surface area contributed by atoms with Crippen molar-refractivity contribution in [3.8, 4) is 0 Å². The third-order valence-corrected chi connectivity index (χ3v) is 3.32. The number of hydrogen-bond acceptors (Lipinski definition) is 1. The molecule has 2 rings (SSSR count). The molecule has 18 heavy (non-hydrogen) atoms. The molecule has 0 unspecified atom stereocenters. The lowest BCUT2D eigenvalue weighted by molar-refractivity contribution is 0.233. The molecule has 0 N–H and O–H groups in total. The normalized spacial score (nSPS) is 10.9. The van der Waals surface area contributed by atoms with Crippen LogP contribution in [0.25, 0.3) is 10.8 Å². The molecule has 2 aromatic carbocycles. The smallest absolute Gasteiger partial charge is 0.0700 e. The van der Waals surface area contributed by atoms with Crippen molar-refractivity contribution in [1.82, 2.24) is 0 Å². The number of aryl methyl sites for hydroxylation is 1. The standard InChI is InChI=1S/C17H21O/c1-18-13-7-3-2-4-8-15-11-12-16-9-5-6-10-17(16)14-15/h5-6,9-12,14H,1-4,7-8,13H2. The van der Waals surface area contributed by atoms with E-state index in [2.05, 4.69) is 49.6 Å². The van der Waals surface area contributed by atoms with E-state index in [0.717, 1.165) is 13.0 Å². The van der Waals surface area contributed by atoms with Gasteiger partial charge in [-0.2, -0.15) is 0 Å². The fraction of sp³-hybridized carbons (Fsp3) is 0.353. The molecule has 0 saturated carbocycles. The summed E-state index contributed by atoms with van der Waals surface area (Å²) in [5, 5.41) is 2.68. The zero-order valence-electron chi connectivity index (χ0n) is 10.9. The van der Waals surface area contributed by atoms with E-state index in [0.29, 0.717) is 0 Å². The fourth-order valence-corrected chi connectivity index (χ4v) is 2.28. The molecular formula is C17H21O. The minimum atomic E-state index is 0.788. The second kappa shape index (κ2) is 7.17. The SMILES string of the molecule is [CH2]OCCCCCCc1ccc2ccccc2c1. The minimum Gasteiger partial charge on any atom is -0.379 e. The van der Waals surface area contributed by atoms with Gasteiger partial charge in [-0.15, -0.1) is 0 Å². The van der Waals surface area contributed by atoms with Crippen molar-refractivity contribution in [2.75, 3.05) is 6.61 Å². The molecular weight excluding hydrogens is 220 g/mol. The summed E-state index contributed by atoms with van der Waals surface area (Å²) in [6.07, 6.45) is 6.08. The Morgan fingerprint density at radius 3 is 2.44 bits per heavy atom. The van der Waals surface area contributed by atoms with Gasteiger partial charge in [0.25, 0.3) is 0 Å². The van der Waals surface area contributed by atoms with Crippen LogP contribution in [0, 0.1) is 7.11 Å². The maximum Gasteiger partial charge on any atom is 0.0700 e. The highest BCUT2D eigenvalue weighted by atomic mass is 16.5. The zero-order valence-corrected chi connectivity index (χ0v) is 10.9. The molecule has 1 radical (unpaired) electrons. The van der Waals surface area contributed by atoms with Crippen molar-refractivity contribution in [3.05, 3.63) is 55.1 Å². The van der Waals surface area contributed by atoms with Gasteiger partial charge in [0.05, 0.1) is 7.11 Å². The minimum absolute atomic E-state index is 0.788. The highest BCUT2D eigenvalue weighted by Gasteiger charge is 1.97. The summed E-state index contributed by atoms with van der Waals surface area (Å²) in [5.41, 5.74) is 1.45. The lowest BCUT2D eigenvalue weighted by Crippen LogP contribution is -1.89. The second-order valence-corrected chi connectivity index (χ2v) is 4.75. The molecule has 1 heteroatoms. The third-order valence-electron chi connectivity index (χ3n) is 3.32. The summed E-state index contributed by atoms with van der Waals surface area (Å²) in [6, 6.07) is 15.3. The van der Waals surface area contributed by atoms with Crippen molar-refractivity contribution in [2.24, 2.45) is 0 Å². The Morgan fingerprint density at radius 2 is 1.61 bits per heavy atom. The van der Waals surface area contributed by atoms with E-state index >= 15 is 0 Å². The molecule has 0 heterocycles. The van der Waals surface area contributed by atoms with Crippen LogP contribution >= 0.6 is 0 Å². The Balaban J connectivity index is 1.81. The Kier molecular flexibility index (Phi) is 5.22. The van der Waals surface area contributed by atoms with Crippen molar-refractivity contribution in [3.63, 3.8) is 0 Å². The molecule has 95 valence electrons. The second-order valence-electron chi connectivity index (χ2n) is 4.75. The first-order valence-electron chi connectivity index (χ1n) is 6.75. The van der Waals surface area contributed by atoms with Crippen LogP contribution in [0.2, 0.25) is 0 Å². The number of hydrogen-bond donors (Lipinski definition) is 0. The van der Waals surface area contributed by atoms with E-state index in [1.54, 1.807) is 0 Å². The molecule has 0 aromatic heterocycles. The fourth-order valence-electron chi connectivity index (χ4n) is 2.28. The Bertz CT molecular complexity index is 476. The van der Waals surface area contributed by atoms with Crippen LogP contribution in [0.3, 0.4) is 0 Å². The number of benzene rings is 2. The summed E-state index contributed by atoms with van der Waals surface area (Å²) < 4.78 is 4.80. The molecule has 0 aliphatic heterocycles. The predicted octanol–water partition coefficient (Wildman–Crippen LogP) is 4.75. The van der Waals surface area contributed by atoms with E-state index in [-0.39, 0.29) is 0 Å². The lowest BCUT2D eigenvalue weighted by Gasteiger charge is -2.04. The van der Waals surface area contributed by atoms with E-state index in [1.807, 2.05) is 0 Å². The van der Waals surface area contributed by atoms with Gasteiger partial charge in [0, 0.05) is 6.61 Å². The van der Waals surface area contributed by atoms with Gasteiger partial charge in [0.1, 0.15) is 0 Å². The van der Waals surface area contributed by atoms with Crippen LogP contribution in [0.1, 0.15) is 31.2 Å². The largest absolute Gasteiger partial charge is 0.379 e. The molecule has 0 saturated heterocycles. The first kappa shape index (κ1) is 13.1. The van der Waals surface area contributed by atoms with Crippen LogP contribution in [0.4, 0.5) is 0 Å². The van der Waals surface area contributed by atoms with Gasteiger partial charge in [-0.25, -0.2) is 0 Å². The average Bonchev–Trinajstić information content (AvgIpc) is 2.42. The van der Waals surface area contributed by atoms with Gasteiger partial charge < -0.3 is 4.74 Å². The summed E-state index contributed by atoms with van der Waals surface area (Å²) in [5.74, 6) is 0. The van der Waals surface area contributed by atoms with Gasteiger partial charge >= 0.3 is 0 Å². The quantitative estimate of drug-likeness (QED) is 0.635. The Labute approximate surface area is 110 Å². The van der Waals surface area contributed by atoms with E-state index in [4.69, 9.17) is 4.74 Å². The highest BCUT2D eigenvalue weighted by molar-refractivity contribution is 5.82. The average molecular weight is 241 g/mol. The number of ether oxygens (including phenoxy) is 1. The van der Waals surface area contributed by atoms with Gasteiger partial charge in [-0.05, 0) is 35.6 Å². The van der Waals surface area contributed by atoms with E-state index < -0.39 is 0 Å². The molecule has 2 aromatic rings. The summed E-state index contributed by atoms with van der Waals surface area (Å²) in [6.45, 7) is 0.788. The maximum atomic E-state index is 4.80. The summed E-state index contributed by atoms with van der Waals surface area (Å²) >= 11 is 0. The van der Waals surface area contributed by atoms with Gasteiger partial charge in [-0.1, -0.05) is 55.3 Å². The first-order chi connectivity index (χ1) is 8.90. The zero-order chi connectivity index (χ0) is 12.6. The van der Waals surface area contributed by atoms with Gasteiger partial charge in [0.15, 0.2) is 0 Å². The van der Waals surface area contributed by atoms with Crippen LogP contribution in [0.15, 0.2) is 42.5 Å². The topological polar surface area (TPSA) is 9.23 Å². The van der Waals surface area contributed by atoms with E-state index in [1.165, 1.54) is 42.0 Å². The molecule has 0 aliphatic carbocycles. The first-order valence-corrected chi connectivity index (χ1v) is 6.75. The molecule has 0 bridgehead atoms.